The quantitative estimate of drug-likeness (QED) is 0.312. The number of imidazole rings is 1. The minimum atomic E-state index is -0.00970. The molecule has 5 nitrogen and oxygen atoms in total. The van der Waals surface area contributed by atoms with Crippen LogP contribution >= 0.6 is 23.7 Å². The maximum Gasteiger partial charge on any atom is 0.260 e. The average Bonchev–Trinajstić information content (AvgIpc) is 3.40. The lowest BCUT2D eigenvalue weighted by Gasteiger charge is -2.22. The number of anilines is 1. The number of carbonyl (C=O) groups excluding carboxylic acids is 1. The van der Waals surface area contributed by atoms with Gasteiger partial charge in [-0.1, -0.05) is 50.3 Å². The van der Waals surface area contributed by atoms with Crippen molar-refractivity contribution in [3.63, 3.8) is 0 Å². The van der Waals surface area contributed by atoms with Crippen LogP contribution in [0.3, 0.4) is 0 Å². The predicted molar refractivity (Wildman–Crippen MR) is 140 cm³/mol. The normalized spacial score (nSPS) is 11.4. The lowest BCUT2D eigenvalue weighted by molar-refractivity contribution is 0.0986. The highest BCUT2D eigenvalue weighted by Crippen LogP contribution is 2.33. The van der Waals surface area contributed by atoms with E-state index in [0.717, 1.165) is 28.3 Å². The van der Waals surface area contributed by atoms with Crippen molar-refractivity contribution in [1.82, 2.24) is 14.5 Å². The Balaban J connectivity index is 0.00000306. The van der Waals surface area contributed by atoms with E-state index in [0.29, 0.717) is 12.1 Å². The summed E-state index contributed by atoms with van der Waals surface area (Å²) in [5.41, 5.74) is 5.29. The molecule has 4 rings (SSSR count). The van der Waals surface area contributed by atoms with Gasteiger partial charge in [-0.2, -0.15) is 0 Å². The molecule has 0 bridgehead atoms. The van der Waals surface area contributed by atoms with Gasteiger partial charge in [-0.15, -0.1) is 12.4 Å². The zero-order valence-corrected chi connectivity index (χ0v) is 21.5. The first-order chi connectivity index (χ1) is 15.2. The van der Waals surface area contributed by atoms with Crippen molar-refractivity contribution in [2.24, 2.45) is 0 Å². The highest BCUT2D eigenvalue weighted by atomic mass is 35.5. The molecule has 0 N–H and O–H groups in total. The van der Waals surface area contributed by atoms with Gasteiger partial charge in [0.2, 0.25) is 0 Å². The fraction of sp³-hybridized carbons (Fsp3) is 0.346. The molecule has 7 heteroatoms. The molecule has 2 heterocycles. The Morgan fingerprint density at radius 1 is 1.12 bits per heavy atom. The van der Waals surface area contributed by atoms with Crippen molar-refractivity contribution in [1.29, 1.82) is 0 Å². The van der Waals surface area contributed by atoms with E-state index < -0.39 is 0 Å². The molecule has 0 atom stereocenters. The minimum absolute atomic E-state index is 0. The summed E-state index contributed by atoms with van der Waals surface area (Å²) in [7, 11) is 0. The standard InChI is InChI=1S/C26H30N4OS.ClH/c1-18-15-19(2)23-22(16-18)28-25(32-23)30(13-6-12-29-14-11-27-17-29)24(31)20-7-9-21(10-8-20)26(3,4)5;/h7-11,14-17H,6,12-13H2,1-5H3;1H. The van der Waals surface area contributed by atoms with Crippen LogP contribution in [0.2, 0.25) is 0 Å². The Bertz CT molecular complexity index is 1220. The number of halogens is 1. The molecule has 4 aromatic rings. The second-order valence-electron chi connectivity index (χ2n) is 9.36. The molecule has 0 aliphatic rings. The van der Waals surface area contributed by atoms with Crippen molar-refractivity contribution in [2.45, 2.75) is 53.0 Å². The summed E-state index contributed by atoms with van der Waals surface area (Å²) in [6.45, 7) is 12.1. The molecular formula is C26H31ClN4OS. The number of nitrogens with zero attached hydrogens (tertiary/aromatic N) is 4. The van der Waals surface area contributed by atoms with Gasteiger partial charge in [-0.3, -0.25) is 9.69 Å². The largest absolute Gasteiger partial charge is 0.337 e. The van der Waals surface area contributed by atoms with Crippen molar-refractivity contribution in [3.8, 4) is 0 Å². The summed E-state index contributed by atoms with van der Waals surface area (Å²) in [5, 5.41) is 0.754. The van der Waals surface area contributed by atoms with Gasteiger partial charge in [0.15, 0.2) is 5.13 Å². The van der Waals surface area contributed by atoms with Gasteiger partial charge in [-0.25, -0.2) is 9.97 Å². The van der Waals surface area contributed by atoms with Gasteiger partial charge in [0.05, 0.1) is 16.5 Å². The number of aromatic nitrogens is 3. The third kappa shape index (κ3) is 5.63. The molecule has 1 amide bonds. The molecule has 0 unspecified atom stereocenters. The van der Waals surface area contributed by atoms with Gasteiger partial charge >= 0.3 is 0 Å². The number of amides is 1. The second-order valence-corrected chi connectivity index (χ2v) is 10.3. The summed E-state index contributed by atoms with van der Waals surface area (Å²) in [6.07, 6.45) is 6.34. The molecule has 0 aliphatic heterocycles. The number of carbonyl (C=O) groups is 1. The molecular weight excluding hydrogens is 452 g/mol. The Kier molecular flexibility index (Phi) is 7.60. The van der Waals surface area contributed by atoms with Crippen molar-refractivity contribution in [3.05, 3.63) is 77.4 Å². The maximum atomic E-state index is 13.6. The summed E-state index contributed by atoms with van der Waals surface area (Å²) in [5.74, 6) is -0.00970. The number of hydrogen-bond acceptors (Lipinski definition) is 4. The molecule has 0 aliphatic carbocycles. The first kappa shape index (κ1) is 24.9. The van der Waals surface area contributed by atoms with E-state index in [9.17, 15) is 4.79 Å². The van der Waals surface area contributed by atoms with Crippen molar-refractivity contribution >= 4 is 45.0 Å². The Morgan fingerprint density at radius 2 is 1.85 bits per heavy atom. The fourth-order valence-corrected chi connectivity index (χ4v) is 4.90. The number of hydrogen-bond donors (Lipinski definition) is 0. The highest BCUT2D eigenvalue weighted by Gasteiger charge is 2.22. The maximum absolute atomic E-state index is 13.6. The lowest BCUT2D eigenvalue weighted by atomic mass is 9.86. The van der Waals surface area contributed by atoms with E-state index in [-0.39, 0.29) is 23.7 Å². The zero-order valence-electron chi connectivity index (χ0n) is 19.8. The van der Waals surface area contributed by atoms with E-state index in [4.69, 9.17) is 4.98 Å². The minimum Gasteiger partial charge on any atom is -0.337 e. The number of thiazole rings is 1. The summed E-state index contributed by atoms with van der Waals surface area (Å²) >= 11 is 1.59. The lowest BCUT2D eigenvalue weighted by Crippen LogP contribution is -2.32. The van der Waals surface area contributed by atoms with Crippen LogP contribution < -0.4 is 4.90 Å². The van der Waals surface area contributed by atoms with Crippen LogP contribution in [0.5, 0.6) is 0 Å². The van der Waals surface area contributed by atoms with Crippen LogP contribution in [0.4, 0.5) is 5.13 Å². The van der Waals surface area contributed by atoms with Crippen LogP contribution in [0.1, 0.15) is 54.2 Å². The molecule has 2 aromatic carbocycles. The number of rotatable bonds is 6. The SMILES string of the molecule is Cc1cc(C)c2sc(N(CCCn3ccnc3)C(=O)c3ccc(C(C)(C)C)cc3)nc2c1.Cl. The first-order valence-electron chi connectivity index (χ1n) is 11.0. The summed E-state index contributed by atoms with van der Waals surface area (Å²) in [4.78, 5) is 24.4. The third-order valence-corrected chi connectivity index (χ3v) is 6.87. The van der Waals surface area contributed by atoms with Crippen LogP contribution in [-0.2, 0) is 12.0 Å². The molecule has 174 valence electrons. The van der Waals surface area contributed by atoms with Gasteiger partial charge in [0, 0.05) is 31.0 Å². The Morgan fingerprint density at radius 3 is 2.48 bits per heavy atom. The molecule has 33 heavy (non-hydrogen) atoms. The van der Waals surface area contributed by atoms with Crippen molar-refractivity contribution in [2.75, 3.05) is 11.4 Å². The zero-order chi connectivity index (χ0) is 22.9. The predicted octanol–water partition coefficient (Wildman–Crippen LogP) is 6.57. The van der Waals surface area contributed by atoms with Gasteiger partial charge in [-0.05, 0) is 60.6 Å². The van der Waals surface area contributed by atoms with Gasteiger partial charge < -0.3 is 4.57 Å². The van der Waals surface area contributed by atoms with E-state index in [1.54, 1.807) is 23.9 Å². The smallest absolute Gasteiger partial charge is 0.260 e. The molecule has 2 aromatic heterocycles. The van der Waals surface area contributed by atoms with E-state index in [1.807, 2.05) is 27.8 Å². The Hall–Kier alpha value is -2.70. The number of aryl methyl sites for hydroxylation is 3. The van der Waals surface area contributed by atoms with Crippen molar-refractivity contribution < 1.29 is 4.79 Å². The molecule has 0 saturated carbocycles. The monoisotopic (exact) mass is 482 g/mol. The highest BCUT2D eigenvalue weighted by molar-refractivity contribution is 7.22. The van der Waals surface area contributed by atoms with Crippen LogP contribution in [0, 0.1) is 13.8 Å². The first-order valence-corrected chi connectivity index (χ1v) is 11.8. The number of fused-ring (bicyclic) bond motifs is 1. The Labute approximate surface area is 205 Å². The third-order valence-electron chi connectivity index (χ3n) is 5.64. The summed E-state index contributed by atoms with van der Waals surface area (Å²) in [6, 6.07) is 12.3. The molecule has 0 radical (unpaired) electrons. The average molecular weight is 483 g/mol. The van der Waals surface area contributed by atoms with E-state index in [1.165, 1.54) is 16.7 Å². The van der Waals surface area contributed by atoms with Gasteiger partial charge in [0.1, 0.15) is 0 Å². The molecule has 0 fully saturated rings. The summed E-state index contributed by atoms with van der Waals surface area (Å²) < 4.78 is 3.17. The van der Waals surface area contributed by atoms with Gasteiger partial charge in [0.25, 0.3) is 5.91 Å². The number of benzene rings is 2. The van der Waals surface area contributed by atoms with Crippen LogP contribution in [-0.4, -0.2) is 27.0 Å². The second kappa shape index (κ2) is 10.1. The molecule has 0 spiro atoms. The van der Waals surface area contributed by atoms with E-state index in [2.05, 4.69) is 63.9 Å². The fourth-order valence-electron chi connectivity index (χ4n) is 3.86. The van der Waals surface area contributed by atoms with E-state index >= 15 is 0 Å². The molecule has 0 saturated heterocycles. The van der Waals surface area contributed by atoms with Crippen LogP contribution in [0.25, 0.3) is 10.2 Å². The topological polar surface area (TPSA) is 51.0 Å². The van der Waals surface area contributed by atoms with Crippen LogP contribution in [0.15, 0.2) is 55.1 Å².